The Morgan fingerprint density at radius 3 is 2.93 bits per heavy atom. The minimum atomic E-state index is 0.589. The van der Waals surface area contributed by atoms with Crippen LogP contribution < -0.4 is 16.2 Å². The maximum atomic E-state index is 5.25. The number of hydrogen-bond acceptors (Lipinski definition) is 5. The molecule has 5 heteroatoms. The SMILES string of the molecule is CCCCN(C)c1cncc(NN)n1. The van der Waals surface area contributed by atoms with Gasteiger partial charge in [-0.15, -0.1) is 0 Å². The van der Waals surface area contributed by atoms with Gasteiger partial charge in [0.25, 0.3) is 0 Å². The van der Waals surface area contributed by atoms with E-state index in [1.165, 1.54) is 6.42 Å². The van der Waals surface area contributed by atoms with Gasteiger partial charge < -0.3 is 10.3 Å². The Labute approximate surface area is 84.3 Å². The van der Waals surface area contributed by atoms with E-state index in [1.54, 1.807) is 12.4 Å². The zero-order valence-electron chi connectivity index (χ0n) is 8.70. The average molecular weight is 195 g/mol. The summed E-state index contributed by atoms with van der Waals surface area (Å²) in [6, 6.07) is 0. The van der Waals surface area contributed by atoms with Crippen LogP contribution in [0.4, 0.5) is 11.6 Å². The summed E-state index contributed by atoms with van der Waals surface area (Å²) in [5.41, 5.74) is 2.48. The monoisotopic (exact) mass is 195 g/mol. The van der Waals surface area contributed by atoms with Crippen LogP contribution in [0.1, 0.15) is 19.8 Å². The molecule has 1 rings (SSSR count). The van der Waals surface area contributed by atoms with Gasteiger partial charge >= 0.3 is 0 Å². The van der Waals surface area contributed by atoms with Crippen molar-refractivity contribution < 1.29 is 0 Å². The number of rotatable bonds is 5. The minimum Gasteiger partial charge on any atom is -0.358 e. The van der Waals surface area contributed by atoms with Crippen LogP contribution in [0, 0.1) is 0 Å². The van der Waals surface area contributed by atoms with Crippen molar-refractivity contribution in [2.24, 2.45) is 5.84 Å². The lowest BCUT2D eigenvalue weighted by molar-refractivity contribution is 0.758. The van der Waals surface area contributed by atoms with E-state index < -0.39 is 0 Å². The number of aromatic nitrogens is 2. The number of hydrogen-bond donors (Lipinski definition) is 2. The Morgan fingerprint density at radius 2 is 2.29 bits per heavy atom. The molecule has 0 aliphatic heterocycles. The number of nitrogens with zero attached hydrogens (tertiary/aromatic N) is 3. The number of nitrogens with two attached hydrogens (primary N) is 1. The van der Waals surface area contributed by atoms with Gasteiger partial charge in [-0.25, -0.2) is 10.8 Å². The molecule has 14 heavy (non-hydrogen) atoms. The molecule has 3 N–H and O–H groups in total. The van der Waals surface area contributed by atoms with Crippen molar-refractivity contribution in [3.8, 4) is 0 Å². The molecule has 1 aromatic heterocycles. The molecule has 78 valence electrons. The largest absolute Gasteiger partial charge is 0.358 e. The van der Waals surface area contributed by atoms with E-state index in [0.29, 0.717) is 5.82 Å². The molecule has 5 nitrogen and oxygen atoms in total. The third-order valence-corrected chi connectivity index (χ3v) is 2.01. The molecule has 1 heterocycles. The van der Waals surface area contributed by atoms with Crippen molar-refractivity contribution in [2.45, 2.75) is 19.8 Å². The number of nitrogen functional groups attached to an aromatic ring is 1. The van der Waals surface area contributed by atoms with Crippen molar-refractivity contribution >= 4 is 11.6 Å². The van der Waals surface area contributed by atoms with E-state index >= 15 is 0 Å². The molecule has 0 aromatic carbocycles. The second-order valence-electron chi connectivity index (χ2n) is 3.18. The molecule has 0 amide bonds. The summed E-state index contributed by atoms with van der Waals surface area (Å²) < 4.78 is 0. The molecule has 0 unspecified atom stereocenters. The predicted molar refractivity (Wildman–Crippen MR) is 58.0 cm³/mol. The highest BCUT2D eigenvalue weighted by Gasteiger charge is 2.02. The lowest BCUT2D eigenvalue weighted by atomic mass is 10.3. The van der Waals surface area contributed by atoms with Crippen LogP contribution in [0.3, 0.4) is 0 Å². The Balaban J connectivity index is 2.64. The highest BCUT2D eigenvalue weighted by atomic mass is 15.3. The Hall–Kier alpha value is -1.36. The lowest BCUT2D eigenvalue weighted by Gasteiger charge is -2.17. The van der Waals surface area contributed by atoms with Crippen LogP contribution in [0.2, 0.25) is 0 Å². The van der Waals surface area contributed by atoms with Crippen molar-refractivity contribution in [1.29, 1.82) is 0 Å². The summed E-state index contributed by atoms with van der Waals surface area (Å²) >= 11 is 0. The zero-order chi connectivity index (χ0) is 10.4. The first-order valence-electron chi connectivity index (χ1n) is 4.77. The normalized spacial score (nSPS) is 9.93. The average Bonchev–Trinajstić information content (AvgIpc) is 2.26. The molecule has 0 aliphatic carbocycles. The molecular formula is C9H17N5. The lowest BCUT2D eigenvalue weighted by Crippen LogP contribution is -2.20. The third-order valence-electron chi connectivity index (χ3n) is 2.01. The van der Waals surface area contributed by atoms with Gasteiger partial charge in [-0.1, -0.05) is 13.3 Å². The number of nitrogens with one attached hydrogen (secondary N) is 1. The van der Waals surface area contributed by atoms with E-state index in [9.17, 15) is 0 Å². The summed E-state index contributed by atoms with van der Waals surface area (Å²) in [5, 5.41) is 0. The maximum absolute atomic E-state index is 5.25. The van der Waals surface area contributed by atoms with Crippen LogP contribution in [0.5, 0.6) is 0 Å². The summed E-state index contributed by atoms with van der Waals surface area (Å²) in [5.74, 6) is 6.68. The van der Waals surface area contributed by atoms with Crippen molar-refractivity contribution in [2.75, 3.05) is 23.9 Å². The highest BCUT2D eigenvalue weighted by molar-refractivity contribution is 5.42. The summed E-state index contributed by atoms with van der Waals surface area (Å²) in [6.07, 6.45) is 5.65. The highest BCUT2D eigenvalue weighted by Crippen LogP contribution is 2.10. The molecule has 0 fully saturated rings. The molecule has 0 bridgehead atoms. The van der Waals surface area contributed by atoms with Gasteiger partial charge in [-0.3, -0.25) is 4.98 Å². The van der Waals surface area contributed by atoms with E-state index in [-0.39, 0.29) is 0 Å². The Bertz CT molecular complexity index is 276. The zero-order valence-corrected chi connectivity index (χ0v) is 8.70. The van der Waals surface area contributed by atoms with Crippen molar-refractivity contribution in [3.05, 3.63) is 12.4 Å². The summed E-state index contributed by atoms with van der Waals surface area (Å²) in [6.45, 7) is 3.15. The number of unbranched alkanes of at least 4 members (excludes halogenated alkanes) is 1. The first-order chi connectivity index (χ1) is 6.77. The van der Waals surface area contributed by atoms with E-state index in [2.05, 4.69) is 27.2 Å². The Kier molecular flexibility index (Phi) is 4.12. The number of hydrazine groups is 1. The fraction of sp³-hybridized carbons (Fsp3) is 0.556. The summed E-state index contributed by atoms with van der Waals surface area (Å²) in [7, 11) is 2.00. The molecule has 0 radical (unpaired) electrons. The second-order valence-corrected chi connectivity index (χ2v) is 3.18. The molecular weight excluding hydrogens is 178 g/mol. The van der Waals surface area contributed by atoms with Gasteiger partial charge in [0.1, 0.15) is 5.82 Å². The van der Waals surface area contributed by atoms with Crippen molar-refractivity contribution in [1.82, 2.24) is 9.97 Å². The van der Waals surface area contributed by atoms with Crippen LogP contribution in [0.15, 0.2) is 12.4 Å². The van der Waals surface area contributed by atoms with Gasteiger partial charge in [-0.05, 0) is 6.42 Å². The van der Waals surface area contributed by atoms with Gasteiger partial charge in [0.05, 0.1) is 12.4 Å². The molecule has 0 atom stereocenters. The van der Waals surface area contributed by atoms with Gasteiger partial charge in [-0.2, -0.15) is 0 Å². The van der Waals surface area contributed by atoms with E-state index in [1.807, 2.05) is 7.05 Å². The topological polar surface area (TPSA) is 67.1 Å². The van der Waals surface area contributed by atoms with Crippen molar-refractivity contribution in [3.63, 3.8) is 0 Å². The second kappa shape index (κ2) is 5.39. The quantitative estimate of drug-likeness (QED) is 0.542. The molecule has 0 saturated carbocycles. The molecule has 0 saturated heterocycles. The molecule has 1 aromatic rings. The minimum absolute atomic E-state index is 0.589. The third kappa shape index (κ3) is 2.85. The van der Waals surface area contributed by atoms with Crippen LogP contribution >= 0.6 is 0 Å². The maximum Gasteiger partial charge on any atom is 0.160 e. The molecule has 0 spiro atoms. The Morgan fingerprint density at radius 1 is 1.50 bits per heavy atom. The summed E-state index contributed by atoms with van der Waals surface area (Å²) in [4.78, 5) is 10.4. The first kappa shape index (κ1) is 10.7. The number of anilines is 2. The van der Waals surface area contributed by atoms with Crippen LogP contribution in [0.25, 0.3) is 0 Å². The van der Waals surface area contributed by atoms with Gasteiger partial charge in [0, 0.05) is 13.6 Å². The van der Waals surface area contributed by atoms with Crippen LogP contribution in [-0.2, 0) is 0 Å². The van der Waals surface area contributed by atoms with Gasteiger partial charge in [0.2, 0.25) is 0 Å². The van der Waals surface area contributed by atoms with Gasteiger partial charge in [0.15, 0.2) is 5.82 Å². The predicted octanol–water partition coefficient (Wildman–Crippen LogP) is 0.998. The fourth-order valence-corrected chi connectivity index (χ4v) is 1.12. The fourth-order valence-electron chi connectivity index (χ4n) is 1.12. The van der Waals surface area contributed by atoms with Crippen LogP contribution in [-0.4, -0.2) is 23.6 Å². The first-order valence-corrected chi connectivity index (χ1v) is 4.77. The standard InChI is InChI=1S/C9H17N5/c1-3-4-5-14(2)9-7-11-6-8(12-9)13-10/h6-7H,3-5,10H2,1-2H3,(H,12,13). The smallest absolute Gasteiger partial charge is 0.160 e. The van der Waals surface area contributed by atoms with E-state index in [4.69, 9.17) is 5.84 Å². The van der Waals surface area contributed by atoms with E-state index in [0.717, 1.165) is 18.8 Å². The molecule has 0 aliphatic rings.